The first-order valence-electron chi connectivity index (χ1n) is 6.11. The quantitative estimate of drug-likeness (QED) is 0.755. The first-order valence-corrected chi connectivity index (χ1v) is 6.11. The summed E-state index contributed by atoms with van der Waals surface area (Å²) < 4.78 is 10.4. The molecule has 0 aliphatic heterocycles. The highest BCUT2D eigenvalue weighted by atomic mass is 16.5. The van der Waals surface area contributed by atoms with Crippen LogP contribution in [0.3, 0.4) is 0 Å². The van der Waals surface area contributed by atoms with Gasteiger partial charge in [-0.3, -0.25) is 4.79 Å². The lowest BCUT2D eigenvalue weighted by atomic mass is 10.2. The molecule has 0 bridgehead atoms. The van der Waals surface area contributed by atoms with Crippen LogP contribution in [0.1, 0.15) is 18.9 Å². The molecule has 0 spiro atoms. The molecule has 0 aromatic heterocycles. The predicted molar refractivity (Wildman–Crippen MR) is 70.7 cm³/mol. The summed E-state index contributed by atoms with van der Waals surface area (Å²) in [6.45, 7) is 2.84. The van der Waals surface area contributed by atoms with E-state index in [2.05, 4.69) is 5.32 Å². The zero-order chi connectivity index (χ0) is 14.1. The minimum absolute atomic E-state index is 0.182. The molecule has 1 amide bonds. The van der Waals surface area contributed by atoms with Gasteiger partial charge >= 0.3 is 0 Å². The number of nitriles is 1. The zero-order valence-corrected chi connectivity index (χ0v) is 11.2. The van der Waals surface area contributed by atoms with E-state index >= 15 is 0 Å². The highest BCUT2D eigenvalue weighted by molar-refractivity contribution is 5.80. The Labute approximate surface area is 113 Å². The third-order valence-electron chi connectivity index (χ3n) is 2.47. The van der Waals surface area contributed by atoms with Gasteiger partial charge < -0.3 is 14.8 Å². The lowest BCUT2D eigenvalue weighted by molar-refractivity contribution is -0.127. The average Bonchev–Trinajstić information content (AvgIpc) is 2.43. The number of carbonyl (C=O) groups is 1. The summed E-state index contributed by atoms with van der Waals surface area (Å²) in [7, 11) is 1.62. The van der Waals surface area contributed by atoms with Crippen LogP contribution in [0.5, 0.6) is 5.75 Å². The minimum Gasteiger partial charge on any atom is -0.481 e. The maximum Gasteiger partial charge on any atom is 0.260 e. The van der Waals surface area contributed by atoms with Gasteiger partial charge in [-0.25, -0.2) is 0 Å². The molecule has 0 heterocycles. The van der Waals surface area contributed by atoms with Crippen LogP contribution >= 0.6 is 0 Å². The molecule has 0 fully saturated rings. The fraction of sp³-hybridized carbons (Fsp3) is 0.429. The van der Waals surface area contributed by atoms with Crippen molar-refractivity contribution >= 4 is 5.91 Å². The van der Waals surface area contributed by atoms with E-state index in [1.165, 1.54) is 0 Å². The van der Waals surface area contributed by atoms with Crippen LogP contribution < -0.4 is 10.1 Å². The van der Waals surface area contributed by atoms with Crippen molar-refractivity contribution in [3.05, 3.63) is 29.8 Å². The molecule has 0 aliphatic rings. The number of amides is 1. The molecule has 19 heavy (non-hydrogen) atoms. The fourth-order valence-electron chi connectivity index (χ4n) is 1.47. The second-order valence-corrected chi connectivity index (χ2v) is 4.04. The van der Waals surface area contributed by atoms with Crippen molar-refractivity contribution in [1.82, 2.24) is 5.32 Å². The number of hydrogen-bond donors (Lipinski definition) is 1. The Morgan fingerprint density at radius 1 is 1.53 bits per heavy atom. The van der Waals surface area contributed by atoms with Gasteiger partial charge in [0, 0.05) is 20.3 Å². The third-order valence-corrected chi connectivity index (χ3v) is 2.47. The Bertz CT molecular complexity index is 454. The average molecular weight is 262 g/mol. The Morgan fingerprint density at radius 2 is 2.32 bits per heavy atom. The van der Waals surface area contributed by atoms with Gasteiger partial charge in [-0.1, -0.05) is 6.07 Å². The first kappa shape index (κ1) is 15.0. The SMILES string of the molecule is COCCCNC(=O)C(C)Oc1cccc(C#N)c1. The van der Waals surface area contributed by atoms with Crippen LogP contribution in [0.2, 0.25) is 0 Å². The van der Waals surface area contributed by atoms with Crippen LogP contribution in [0, 0.1) is 11.3 Å². The van der Waals surface area contributed by atoms with Gasteiger partial charge in [0.2, 0.25) is 0 Å². The van der Waals surface area contributed by atoms with Crippen molar-refractivity contribution in [2.45, 2.75) is 19.4 Å². The van der Waals surface area contributed by atoms with Gasteiger partial charge in [-0.15, -0.1) is 0 Å². The molecule has 0 radical (unpaired) electrons. The zero-order valence-electron chi connectivity index (χ0n) is 11.2. The van der Waals surface area contributed by atoms with Crippen LogP contribution in [-0.2, 0) is 9.53 Å². The molecule has 1 aromatic rings. The van der Waals surface area contributed by atoms with Gasteiger partial charge in [-0.2, -0.15) is 5.26 Å². The number of rotatable bonds is 7. The molecular formula is C14H18N2O3. The molecule has 1 rings (SSSR count). The topological polar surface area (TPSA) is 71.3 Å². The number of benzene rings is 1. The van der Waals surface area contributed by atoms with Gasteiger partial charge in [-0.05, 0) is 31.5 Å². The van der Waals surface area contributed by atoms with E-state index in [-0.39, 0.29) is 5.91 Å². The Balaban J connectivity index is 2.43. The van der Waals surface area contributed by atoms with Crippen LogP contribution in [-0.4, -0.2) is 32.3 Å². The molecule has 1 aromatic carbocycles. The Hall–Kier alpha value is -2.06. The highest BCUT2D eigenvalue weighted by Gasteiger charge is 2.13. The number of hydrogen-bond acceptors (Lipinski definition) is 4. The number of nitrogens with zero attached hydrogens (tertiary/aromatic N) is 1. The molecule has 0 saturated carbocycles. The van der Waals surface area contributed by atoms with Crippen molar-refractivity contribution in [3.63, 3.8) is 0 Å². The monoisotopic (exact) mass is 262 g/mol. The molecule has 0 saturated heterocycles. The fourth-order valence-corrected chi connectivity index (χ4v) is 1.47. The maximum atomic E-state index is 11.7. The van der Waals surface area contributed by atoms with E-state index in [0.29, 0.717) is 24.5 Å². The molecule has 0 aliphatic carbocycles. The standard InChI is InChI=1S/C14H18N2O3/c1-11(14(17)16-7-4-8-18-2)19-13-6-3-5-12(9-13)10-15/h3,5-6,9,11H,4,7-8H2,1-2H3,(H,16,17). The van der Waals surface area contributed by atoms with Gasteiger partial charge in [0.25, 0.3) is 5.91 Å². The van der Waals surface area contributed by atoms with Crippen molar-refractivity contribution < 1.29 is 14.3 Å². The summed E-state index contributed by atoms with van der Waals surface area (Å²) in [4.78, 5) is 11.7. The Kier molecular flexibility index (Phi) is 6.41. The molecule has 1 unspecified atom stereocenters. The van der Waals surface area contributed by atoms with Gasteiger partial charge in [0.1, 0.15) is 5.75 Å². The van der Waals surface area contributed by atoms with E-state index in [0.717, 1.165) is 6.42 Å². The molecule has 5 heteroatoms. The molecule has 5 nitrogen and oxygen atoms in total. The maximum absolute atomic E-state index is 11.7. The van der Waals surface area contributed by atoms with Crippen molar-refractivity contribution in [3.8, 4) is 11.8 Å². The molecule has 102 valence electrons. The van der Waals surface area contributed by atoms with Crippen molar-refractivity contribution in [2.24, 2.45) is 0 Å². The second-order valence-electron chi connectivity index (χ2n) is 4.04. The lowest BCUT2D eigenvalue weighted by Gasteiger charge is -2.14. The van der Waals surface area contributed by atoms with Crippen molar-refractivity contribution in [1.29, 1.82) is 5.26 Å². The van der Waals surface area contributed by atoms with Crippen molar-refractivity contribution in [2.75, 3.05) is 20.3 Å². The van der Waals surface area contributed by atoms with Crippen LogP contribution in [0.4, 0.5) is 0 Å². The summed E-state index contributed by atoms with van der Waals surface area (Å²) in [6.07, 6.45) is 0.162. The Morgan fingerprint density at radius 3 is 3.00 bits per heavy atom. The van der Waals surface area contributed by atoms with E-state index in [1.54, 1.807) is 38.3 Å². The predicted octanol–water partition coefficient (Wildman–Crippen LogP) is 1.48. The van der Waals surface area contributed by atoms with E-state index in [1.807, 2.05) is 6.07 Å². The van der Waals surface area contributed by atoms with Crippen LogP contribution in [0.25, 0.3) is 0 Å². The van der Waals surface area contributed by atoms with E-state index in [4.69, 9.17) is 14.7 Å². The molecular weight excluding hydrogens is 244 g/mol. The van der Waals surface area contributed by atoms with Gasteiger partial charge in [0.05, 0.1) is 11.6 Å². The lowest BCUT2D eigenvalue weighted by Crippen LogP contribution is -2.37. The summed E-state index contributed by atoms with van der Waals surface area (Å²) in [5.41, 5.74) is 0.505. The smallest absolute Gasteiger partial charge is 0.260 e. The third kappa shape index (κ3) is 5.40. The molecule has 1 atom stereocenters. The highest BCUT2D eigenvalue weighted by Crippen LogP contribution is 2.14. The van der Waals surface area contributed by atoms with Crippen LogP contribution in [0.15, 0.2) is 24.3 Å². The van der Waals surface area contributed by atoms with E-state index < -0.39 is 6.10 Å². The number of nitrogens with one attached hydrogen (secondary N) is 1. The van der Waals surface area contributed by atoms with Gasteiger partial charge in [0.15, 0.2) is 6.10 Å². The number of carbonyl (C=O) groups excluding carboxylic acids is 1. The normalized spacial score (nSPS) is 11.4. The minimum atomic E-state index is -0.600. The summed E-state index contributed by atoms with van der Waals surface area (Å²) in [5.74, 6) is 0.331. The second kappa shape index (κ2) is 8.11. The molecule has 1 N–H and O–H groups in total. The largest absolute Gasteiger partial charge is 0.481 e. The summed E-state index contributed by atoms with van der Waals surface area (Å²) >= 11 is 0. The number of ether oxygens (including phenoxy) is 2. The summed E-state index contributed by atoms with van der Waals surface area (Å²) in [6, 6.07) is 8.75. The summed E-state index contributed by atoms with van der Waals surface area (Å²) in [5, 5.41) is 11.5. The number of methoxy groups -OCH3 is 1. The van der Waals surface area contributed by atoms with E-state index in [9.17, 15) is 4.79 Å². The first-order chi connectivity index (χ1) is 9.17.